The van der Waals surface area contributed by atoms with E-state index in [9.17, 15) is 14.0 Å². The monoisotopic (exact) mass is 379 g/mol. The third-order valence-electron chi connectivity index (χ3n) is 4.67. The molecule has 0 fully saturated rings. The average Bonchev–Trinajstić information content (AvgIpc) is 2.69. The van der Waals surface area contributed by atoms with Gasteiger partial charge in [0, 0.05) is 23.7 Å². The topological polar surface area (TPSA) is 73.2 Å². The first kappa shape index (κ1) is 17.9. The van der Waals surface area contributed by atoms with Gasteiger partial charge in [-0.25, -0.2) is 9.07 Å². The third-order valence-corrected chi connectivity index (χ3v) is 4.67. The normalized spacial score (nSPS) is 15.4. The van der Waals surface area contributed by atoms with Crippen LogP contribution in [0, 0.1) is 12.7 Å². The minimum Gasteiger partial charge on any atom is -0.493 e. The van der Waals surface area contributed by atoms with Gasteiger partial charge in [0.1, 0.15) is 17.3 Å². The lowest BCUT2D eigenvalue weighted by Gasteiger charge is -2.26. The Balaban J connectivity index is 1.68. The Bertz CT molecular complexity index is 1110. The van der Waals surface area contributed by atoms with Crippen molar-refractivity contribution in [1.29, 1.82) is 0 Å². The second-order valence-corrected chi connectivity index (χ2v) is 6.56. The first-order chi connectivity index (χ1) is 13.5. The van der Waals surface area contributed by atoms with E-state index >= 15 is 0 Å². The maximum atomic E-state index is 14.2. The Labute approximate surface area is 160 Å². The Morgan fingerprint density at radius 3 is 2.79 bits per heavy atom. The zero-order chi connectivity index (χ0) is 19.7. The van der Waals surface area contributed by atoms with Crippen LogP contribution in [0.4, 0.5) is 4.39 Å². The molecular formula is C21H18FN3O3. The number of rotatable bonds is 3. The number of benzene rings is 2. The van der Waals surface area contributed by atoms with Crippen molar-refractivity contribution in [3.63, 3.8) is 0 Å². The largest absolute Gasteiger partial charge is 0.493 e. The molecule has 0 saturated carbocycles. The van der Waals surface area contributed by atoms with Crippen molar-refractivity contribution in [2.24, 2.45) is 0 Å². The van der Waals surface area contributed by atoms with Gasteiger partial charge in [-0.1, -0.05) is 30.3 Å². The van der Waals surface area contributed by atoms with E-state index in [1.54, 1.807) is 19.1 Å². The maximum Gasteiger partial charge on any atom is 0.276 e. The number of nitrogens with zero attached hydrogens (tertiary/aromatic N) is 2. The first-order valence-electron chi connectivity index (χ1n) is 8.93. The highest BCUT2D eigenvalue weighted by Gasteiger charge is 2.25. The van der Waals surface area contributed by atoms with Crippen molar-refractivity contribution in [3.05, 3.63) is 87.6 Å². The van der Waals surface area contributed by atoms with Crippen molar-refractivity contribution in [2.75, 3.05) is 6.61 Å². The van der Waals surface area contributed by atoms with E-state index in [-0.39, 0.29) is 17.4 Å². The van der Waals surface area contributed by atoms with Crippen molar-refractivity contribution >= 4 is 5.91 Å². The van der Waals surface area contributed by atoms with E-state index in [1.807, 2.05) is 24.3 Å². The van der Waals surface area contributed by atoms with Crippen LogP contribution < -0.4 is 15.5 Å². The number of aryl methyl sites for hydroxylation is 1. The number of nitrogens with one attached hydrogen (secondary N) is 1. The van der Waals surface area contributed by atoms with Crippen molar-refractivity contribution in [2.45, 2.75) is 19.4 Å². The fraction of sp³-hybridized carbons (Fsp3) is 0.190. The van der Waals surface area contributed by atoms with Gasteiger partial charge >= 0.3 is 0 Å². The first-order valence-corrected chi connectivity index (χ1v) is 8.93. The number of para-hydroxylation sites is 2. The molecule has 2 aromatic carbocycles. The molecule has 4 rings (SSSR count). The van der Waals surface area contributed by atoms with Gasteiger partial charge in [-0.15, -0.1) is 0 Å². The molecule has 0 aliphatic carbocycles. The van der Waals surface area contributed by atoms with Gasteiger partial charge < -0.3 is 10.1 Å². The van der Waals surface area contributed by atoms with Crippen LogP contribution in [0.5, 0.6) is 5.75 Å². The van der Waals surface area contributed by atoms with Gasteiger partial charge in [0.25, 0.3) is 5.91 Å². The Kier molecular flexibility index (Phi) is 4.65. The Hall–Kier alpha value is -3.48. The second-order valence-electron chi connectivity index (χ2n) is 6.56. The third kappa shape index (κ3) is 3.26. The average molecular weight is 379 g/mol. The zero-order valence-electron chi connectivity index (χ0n) is 15.2. The number of aromatic nitrogens is 2. The predicted octanol–water partition coefficient (Wildman–Crippen LogP) is 2.93. The summed E-state index contributed by atoms with van der Waals surface area (Å²) in [5.41, 5.74) is 0.665. The molecule has 1 aliphatic rings. The van der Waals surface area contributed by atoms with Gasteiger partial charge in [-0.3, -0.25) is 9.59 Å². The minimum absolute atomic E-state index is 0.172. The highest BCUT2D eigenvalue weighted by atomic mass is 19.1. The molecule has 142 valence electrons. The summed E-state index contributed by atoms with van der Waals surface area (Å²) in [5, 5.41) is 7.00. The van der Waals surface area contributed by atoms with Crippen LogP contribution in [0.25, 0.3) is 5.69 Å². The molecule has 3 aromatic rings. The summed E-state index contributed by atoms with van der Waals surface area (Å²) in [6, 6.07) is 14.5. The van der Waals surface area contributed by atoms with Gasteiger partial charge in [0.2, 0.25) is 5.43 Å². The van der Waals surface area contributed by atoms with E-state index in [0.29, 0.717) is 24.5 Å². The summed E-state index contributed by atoms with van der Waals surface area (Å²) in [6.07, 6.45) is 0.579. The second kappa shape index (κ2) is 7.26. The molecule has 0 spiro atoms. The highest BCUT2D eigenvalue weighted by Crippen LogP contribution is 2.31. The fourth-order valence-electron chi connectivity index (χ4n) is 3.29. The van der Waals surface area contributed by atoms with Crippen LogP contribution in [0.15, 0.2) is 59.4 Å². The van der Waals surface area contributed by atoms with Crippen LogP contribution in [0.2, 0.25) is 0 Å². The Morgan fingerprint density at radius 1 is 1.21 bits per heavy atom. The summed E-state index contributed by atoms with van der Waals surface area (Å²) in [5.74, 6) is -0.386. The molecule has 1 atom stereocenters. The van der Waals surface area contributed by atoms with E-state index < -0.39 is 17.2 Å². The molecular weight excluding hydrogens is 361 g/mol. The van der Waals surface area contributed by atoms with Gasteiger partial charge in [-0.05, 0) is 25.1 Å². The summed E-state index contributed by atoms with van der Waals surface area (Å²) in [6.45, 7) is 2.10. The molecule has 1 aliphatic heterocycles. The molecule has 0 radical (unpaired) electrons. The molecule has 28 heavy (non-hydrogen) atoms. The van der Waals surface area contributed by atoms with Crippen molar-refractivity contribution < 1.29 is 13.9 Å². The molecule has 1 aromatic heterocycles. The molecule has 1 amide bonds. The SMILES string of the molecule is Cc1cc(=O)c(C(=O)NC2CCOc3ccccc32)nn1-c1ccccc1F. The lowest BCUT2D eigenvalue weighted by Crippen LogP contribution is -2.36. The maximum absolute atomic E-state index is 14.2. The van der Waals surface area contributed by atoms with Crippen molar-refractivity contribution in [3.8, 4) is 11.4 Å². The van der Waals surface area contributed by atoms with E-state index in [2.05, 4.69) is 10.4 Å². The van der Waals surface area contributed by atoms with E-state index in [0.717, 1.165) is 5.56 Å². The number of carbonyl (C=O) groups is 1. The quantitative estimate of drug-likeness (QED) is 0.759. The molecule has 0 saturated heterocycles. The summed E-state index contributed by atoms with van der Waals surface area (Å²) in [7, 11) is 0. The van der Waals surface area contributed by atoms with Crippen LogP contribution in [-0.4, -0.2) is 22.3 Å². The van der Waals surface area contributed by atoms with Crippen LogP contribution in [-0.2, 0) is 0 Å². The number of ether oxygens (including phenoxy) is 1. The molecule has 1 N–H and O–H groups in total. The summed E-state index contributed by atoms with van der Waals surface area (Å²) in [4.78, 5) is 25.2. The van der Waals surface area contributed by atoms with Crippen molar-refractivity contribution in [1.82, 2.24) is 15.1 Å². The fourth-order valence-corrected chi connectivity index (χ4v) is 3.29. The summed E-state index contributed by atoms with van der Waals surface area (Å²) >= 11 is 0. The minimum atomic E-state index is -0.600. The van der Waals surface area contributed by atoms with Crippen LogP contribution in [0.1, 0.15) is 34.2 Å². The standard InChI is InChI=1S/C21H18FN3O3/c1-13-12-18(26)20(24-25(13)17-8-4-3-7-15(17)22)21(27)23-16-10-11-28-19-9-5-2-6-14(16)19/h2-9,12,16H,10-11H2,1H3,(H,23,27). The highest BCUT2D eigenvalue weighted by molar-refractivity contribution is 5.92. The number of amides is 1. The summed E-state index contributed by atoms with van der Waals surface area (Å²) < 4.78 is 21.0. The number of fused-ring (bicyclic) bond motifs is 1. The lowest BCUT2D eigenvalue weighted by atomic mass is 10.0. The number of halogens is 1. The predicted molar refractivity (Wildman–Crippen MR) is 101 cm³/mol. The molecule has 7 heteroatoms. The van der Waals surface area contributed by atoms with E-state index in [1.165, 1.54) is 22.9 Å². The molecule has 6 nitrogen and oxygen atoms in total. The van der Waals surface area contributed by atoms with Crippen LogP contribution in [0.3, 0.4) is 0 Å². The van der Waals surface area contributed by atoms with E-state index in [4.69, 9.17) is 4.74 Å². The molecule has 0 bridgehead atoms. The molecule has 1 unspecified atom stereocenters. The van der Waals surface area contributed by atoms with Gasteiger partial charge in [0.15, 0.2) is 5.69 Å². The zero-order valence-corrected chi connectivity index (χ0v) is 15.2. The smallest absolute Gasteiger partial charge is 0.276 e. The van der Waals surface area contributed by atoms with Gasteiger partial charge in [-0.2, -0.15) is 5.10 Å². The van der Waals surface area contributed by atoms with Crippen LogP contribution >= 0.6 is 0 Å². The van der Waals surface area contributed by atoms with Gasteiger partial charge in [0.05, 0.1) is 12.6 Å². The number of carbonyl (C=O) groups excluding carboxylic acids is 1. The Morgan fingerprint density at radius 2 is 1.96 bits per heavy atom. The number of hydrogen-bond donors (Lipinski definition) is 1. The molecule has 2 heterocycles. The number of hydrogen-bond acceptors (Lipinski definition) is 4. The lowest BCUT2D eigenvalue weighted by molar-refractivity contribution is 0.0916.